The van der Waals surface area contributed by atoms with Crippen molar-refractivity contribution in [1.29, 1.82) is 0 Å². The van der Waals surface area contributed by atoms with Crippen molar-refractivity contribution >= 4 is 77.1 Å². The molecule has 2 radical (unpaired) electrons. The molecule has 0 atom stereocenters. The Morgan fingerprint density at radius 3 is 0.768 bits per heavy atom. The van der Waals surface area contributed by atoms with Gasteiger partial charge in [0, 0.05) is 43.4 Å². The van der Waals surface area contributed by atoms with E-state index in [4.69, 9.17) is 7.85 Å². The predicted octanol–water partition coefficient (Wildman–Crippen LogP) is 3.95. The topological polar surface area (TPSA) is 506 Å². The van der Waals surface area contributed by atoms with Gasteiger partial charge in [0.05, 0.1) is 42.4 Å². The van der Waals surface area contributed by atoms with Crippen molar-refractivity contribution in [3.8, 4) is 177 Å². The lowest BCUT2D eigenvalue weighted by molar-refractivity contribution is 0.348. The summed E-state index contributed by atoms with van der Waals surface area (Å²) in [5.74, 6) is -38.5. The van der Waals surface area contributed by atoms with Crippen LogP contribution in [0.3, 0.4) is 0 Å². The summed E-state index contributed by atoms with van der Waals surface area (Å²) in [6, 6.07) is 0. The van der Waals surface area contributed by atoms with Crippen LogP contribution in [-0.4, -0.2) is 136 Å². The standard InChI is InChI=1S/C42H25BO25S/c43-15-7(23(51)39(67)40(68)31(15)59)11-27(55)33(61)29(57)13-14-30(58)34(62)28(56)12(42(14)69-41(11)13)10-17(45)9(25(53)32(60)26(10)54)8-16(44)1-2(18(46)24(8)52)4-6(22(50)38(66)36(64)20(4)48)5-3(1)19(47)35(63)37(65)21(5)49/h44-68H. The molecule has 9 aromatic rings. The van der Waals surface area contributed by atoms with Crippen molar-refractivity contribution in [3.63, 3.8) is 0 Å². The molecule has 0 aliphatic heterocycles. The van der Waals surface area contributed by atoms with Crippen LogP contribution in [0.2, 0.25) is 0 Å². The highest BCUT2D eigenvalue weighted by molar-refractivity contribution is 7.27. The average molecular weight is 973 g/mol. The van der Waals surface area contributed by atoms with Crippen molar-refractivity contribution in [2.45, 2.75) is 0 Å². The van der Waals surface area contributed by atoms with Gasteiger partial charge in [-0.15, -0.1) is 11.3 Å². The van der Waals surface area contributed by atoms with Gasteiger partial charge in [-0.1, -0.05) is 0 Å². The van der Waals surface area contributed by atoms with Crippen molar-refractivity contribution in [3.05, 3.63) is 0 Å². The van der Waals surface area contributed by atoms with Crippen LogP contribution in [-0.2, 0) is 0 Å². The summed E-state index contributed by atoms with van der Waals surface area (Å²) < 4.78 is -1.49. The van der Waals surface area contributed by atoms with Crippen molar-refractivity contribution in [2.75, 3.05) is 0 Å². The third-order valence-electron chi connectivity index (χ3n) is 11.8. The second-order valence-corrected chi connectivity index (χ2v) is 16.2. The smallest absolute Gasteiger partial charge is 0.204 e. The monoisotopic (exact) mass is 972 g/mol. The summed E-state index contributed by atoms with van der Waals surface area (Å²) in [7, 11) is 5.92. The summed E-state index contributed by atoms with van der Waals surface area (Å²) in [5.41, 5.74) is -8.52. The van der Waals surface area contributed by atoms with Gasteiger partial charge < -0.3 is 128 Å². The largest absolute Gasteiger partial charge is 0.506 e. The first-order valence-corrected chi connectivity index (χ1v) is 19.4. The maximum absolute atomic E-state index is 12.1. The lowest BCUT2D eigenvalue weighted by Crippen LogP contribution is -2.08. The van der Waals surface area contributed by atoms with E-state index in [1.807, 2.05) is 0 Å². The van der Waals surface area contributed by atoms with Crippen LogP contribution in [0.25, 0.3) is 85.9 Å². The zero-order valence-corrected chi connectivity index (χ0v) is 34.0. The molecule has 0 bridgehead atoms. The van der Waals surface area contributed by atoms with Crippen LogP contribution in [0.1, 0.15) is 0 Å². The van der Waals surface area contributed by atoms with Gasteiger partial charge >= 0.3 is 0 Å². The molecule has 69 heavy (non-hydrogen) atoms. The Balaban J connectivity index is 1.50. The summed E-state index contributed by atoms with van der Waals surface area (Å²) in [4.78, 5) is 0. The van der Waals surface area contributed by atoms with E-state index in [2.05, 4.69) is 0 Å². The maximum Gasteiger partial charge on any atom is 0.204 e. The molecule has 0 saturated carbocycles. The quantitative estimate of drug-likeness (QED) is 0.0515. The SMILES string of the molecule is [B]c1c(O)c(O)c(O)c(O)c1-c1c(O)c(O)c(O)c2c1sc1c(-c3c(O)c(O)c(O)c(-c4c(O)c(O)c5c6c(O)c(O)c(O)c(O)c6c6c(O)c(O)c(O)c(O)c6c5c4O)c3O)c(O)c(O)c(O)c12. The molecule has 25 nitrogen and oxygen atoms in total. The van der Waals surface area contributed by atoms with E-state index in [0.29, 0.717) is 0 Å². The van der Waals surface area contributed by atoms with Crippen LogP contribution in [0.5, 0.6) is 144 Å². The second-order valence-electron chi connectivity index (χ2n) is 15.1. The van der Waals surface area contributed by atoms with E-state index in [1.54, 1.807) is 0 Å². The fourth-order valence-corrected chi connectivity index (χ4v) is 9.96. The van der Waals surface area contributed by atoms with Gasteiger partial charge in [-0.3, -0.25) is 0 Å². The molecular weight excluding hydrogens is 947 g/mol. The van der Waals surface area contributed by atoms with E-state index in [9.17, 15) is 128 Å². The molecule has 0 fully saturated rings. The first-order valence-electron chi connectivity index (χ1n) is 18.5. The van der Waals surface area contributed by atoms with E-state index in [0.717, 1.165) is 0 Å². The molecule has 1 aromatic heterocycles. The molecule has 1 heterocycles. The van der Waals surface area contributed by atoms with Crippen LogP contribution in [0, 0.1) is 0 Å². The molecule has 0 saturated heterocycles. The van der Waals surface area contributed by atoms with Crippen LogP contribution >= 0.6 is 11.3 Å². The molecule has 9 rings (SSSR count). The molecule has 0 unspecified atom stereocenters. The molecule has 8 aromatic carbocycles. The van der Waals surface area contributed by atoms with Crippen molar-refractivity contribution < 1.29 is 128 Å². The van der Waals surface area contributed by atoms with Crippen molar-refractivity contribution in [1.82, 2.24) is 0 Å². The Morgan fingerprint density at radius 2 is 0.377 bits per heavy atom. The molecule has 25 N–H and O–H groups in total. The molecule has 0 amide bonds. The normalized spacial score (nSPS) is 11.8. The number of rotatable bonds is 3. The van der Waals surface area contributed by atoms with Gasteiger partial charge in [0.15, 0.2) is 80.5 Å². The Kier molecular flexibility index (Phi) is 8.73. The second kappa shape index (κ2) is 13.7. The molecule has 0 spiro atoms. The Bertz CT molecular complexity index is 3900. The molecule has 352 valence electrons. The number of benzene rings is 8. The summed E-state index contributed by atoms with van der Waals surface area (Å²) in [5, 5.41) is 268. The third-order valence-corrected chi connectivity index (χ3v) is 13.0. The number of aromatic hydroxyl groups is 25. The highest BCUT2D eigenvalue weighted by Crippen LogP contribution is 2.69. The summed E-state index contributed by atoms with van der Waals surface area (Å²) in [6.45, 7) is 0. The fraction of sp³-hybridized carbons (Fsp3) is 0. The van der Waals surface area contributed by atoms with E-state index < -0.39 is 235 Å². The van der Waals surface area contributed by atoms with Crippen LogP contribution in [0.15, 0.2) is 0 Å². The zero-order chi connectivity index (χ0) is 51.0. The Labute approximate surface area is 381 Å². The Hall–Kier alpha value is -10.2. The van der Waals surface area contributed by atoms with Gasteiger partial charge in [-0.2, -0.15) is 0 Å². The number of thiophene rings is 1. The van der Waals surface area contributed by atoms with E-state index in [-0.39, 0.29) is 11.3 Å². The van der Waals surface area contributed by atoms with Crippen LogP contribution < -0.4 is 5.46 Å². The minimum Gasteiger partial charge on any atom is -0.506 e. The minimum absolute atomic E-state index is 0.127. The molecule has 27 heteroatoms. The van der Waals surface area contributed by atoms with E-state index in [1.165, 1.54) is 0 Å². The predicted molar refractivity (Wildman–Crippen MR) is 235 cm³/mol. The van der Waals surface area contributed by atoms with E-state index >= 15 is 0 Å². The van der Waals surface area contributed by atoms with Crippen molar-refractivity contribution in [2.24, 2.45) is 0 Å². The maximum atomic E-state index is 12.1. The number of phenols is 25. The molecular formula is C42H25BO25S. The minimum atomic E-state index is -1.77. The summed E-state index contributed by atoms with van der Waals surface area (Å²) >= 11 is 0.127. The van der Waals surface area contributed by atoms with Gasteiger partial charge in [0.1, 0.15) is 19.3 Å². The Morgan fingerprint density at radius 1 is 0.174 bits per heavy atom. The van der Waals surface area contributed by atoms with Gasteiger partial charge in [0.25, 0.3) is 0 Å². The molecule has 0 aliphatic rings. The van der Waals surface area contributed by atoms with Gasteiger partial charge in [-0.25, -0.2) is 0 Å². The summed E-state index contributed by atoms with van der Waals surface area (Å²) in [6.07, 6.45) is 0. The lowest BCUT2D eigenvalue weighted by Gasteiger charge is -2.22. The number of fused-ring (bicyclic) bond motifs is 9. The van der Waals surface area contributed by atoms with Crippen LogP contribution in [0.4, 0.5) is 0 Å². The highest BCUT2D eigenvalue weighted by Gasteiger charge is 2.39. The number of hydrogen-bond acceptors (Lipinski definition) is 26. The fourth-order valence-electron chi connectivity index (χ4n) is 8.56. The third kappa shape index (κ3) is 5.00. The first-order chi connectivity index (χ1) is 32.2. The first kappa shape index (κ1) is 44.0. The zero-order valence-electron chi connectivity index (χ0n) is 33.2. The lowest BCUT2D eigenvalue weighted by atomic mass is 9.83. The molecule has 0 aliphatic carbocycles. The average Bonchev–Trinajstić information content (AvgIpc) is 3.71. The number of phenolic OH excluding ortho intramolecular Hbond substituents is 25. The van der Waals surface area contributed by atoms with Gasteiger partial charge in [0.2, 0.25) is 51.7 Å². The van der Waals surface area contributed by atoms with Gasteiger partial charge in [-0.05, 0) is 5.46 Å². The number of hydrogen-bond donors (Lipinski definition) is 25. The highest BCUT2D eigenvalue weighted by atomic mass is 32.1.